The van der Waals surface area contributed by atoms with Crippen molar-refractivity contribution in [2.75, 3.05) is 0 Å². The third-order valence-corrected chi connectivity index (χ3v) is 7.56. The summed E-state index contributed by atoms with van der Waals surface area (Å²) < 4.78 is 12.4. The molecule has 0 spiro atoms. The molecule has 0 aromatic heterocycles. The fraction of sp³-hybridized carbons (Fsp3) is 0.368. The number of fused-ring (bicyclic) bond motifs is 2. The molecule has 0 saturated carbocycles. The monoisotopic (exact) mass is 356 g/mol. The maximum Gasteiger partial charge on any atom is 0.494 e. The molecule has 2 aliphatic heterocycles. The molecule has 5 heteroatoms. The molecule has 0 aliphatic carbocycles. The second-order valence-electron chi connectivity index (χ2n) is 7.45. The van der Waals surface area contributed by atoms with E-state index in [1.807, 2.05) is 23.5 Å². The average molecular weight is 356 g/mol. The topological polar surface area (TPSA) is 18.5 Å². The minimum Gasteiger partial charge on any atom is -0.399 e. The van der Waals surface area contributed by atoms with Crippen molar-refractivity contribution >= 4 is 36.1 Å². The lowest BCUT2D eigenvalue weighted by Crippen LogP contribution is -2.41. The van der Waals surface area contributed by atoms with Gasteiger partial charge in [0.15, 0.2) is 0 Å². The van der Waals surface area contributed by atoms with E-state index in [1.54, 1.807) is 0 Å². The van der Waals surface area contributed by atoms with Crippen LogP contribution in [0.25, 0.3) is 0 Å². The summed E-state index contributed by atoms with van der Waals surface area (Å²) in [5.41, 5.74) is 1.78. The fourth-order valence-corrected chi connectivity index (χ4v) is 5.17. The Morgan fingerprint density at radius 3 is 1.96 bits per heavy atom. The summed E-state index contributed by atoms with van der Waals surface area (Å²) in [7, 11) is -0.301. The first-order chi connectivity index (χ1) is 11.2. The highest BCUT2D eigenvalue weighted by Gasteiger charge is 2.51. The van der Waals surface area contributed by atoms with Gasteiger partial charge in [0.05, 0.1) is 11.2 Å². The molecule has 0 N–H and O–H groups in total. The molecule has 124 valence electrons. The first-order valence-corrected chi connectivity index (χ1v) is 9.84. The number of hydrogen-bond donors (Lipinski definition) is 0. The van der Waals surface area contributed by atoms with Crippen LogP contribution < -0.4 is 5.46 Å². The summed E-state index contributed by atoms with van der Waals surface area (Å²) in [6, 6.07) is 13.2. The van der Waals surface area contributed by atoms with Crippen molar-refractivity contribution in [3.63, 3.8) is 0 Å². The summed E-state index contributed by atoms with van der Waals surface area (Å²) in [6.45, 7) is 10.5. The van der Waals surface area contributed by atoms with E-state index < -0.39 is 0 Å². The third kappa shape index (κ3) is 2.72. The molecule has 2 aliphatic rings. The average Bonchev–Trinajstić information content (AvgIpc) is 2.73. The summed E-state index contributed by atoms with van der Waals surface area (Å²) in [5.74, 6) is 0. The highest BCUT2D eigenvalue weighted by atomic mass is 32.2. The van der Waals surface area contributed by atoms with Crippen LogP contribution in [0.3, 0.4) is 0 Å². The van der Waals surface area contributed by atoms with Gasteiger partial charge in [0.1, 0.15) is 0 Å². The third-order valence-electron chi connectivity index (χ3n) is 5.03. The predicted molar refractivity (Wildman–Crippen MR) is 102 cm³/mol. The molecular formula is C19H21BO2S2. The van der Waals surface area contributed by atoms with Gasteiger partial charge in [-0.1, -0.05) is 35.7 Å². The summed E-state index contributed by atoms with van der Waals surface area (Å²) in [5, 5.41) is 0. The second-order valence-corrected chi connectivity index (χ2v) is 9.62. The maximum absolute atomic E-state index is 6.19. The van der Waals surface area contributed by atoms with E-state index in [1.165, 1.54) is 25.1 Å². The second kappa shape index (κ2) is 5.56. The van der Waals surface area contributed by atoms with Crippen LogP contribution in [0.4, 0.5) is 0 Å². The number of hydrogen-bond acceptors (Lipinski definition) is 4. The Morgan fingerprint density at radius 1 is 0.750 bits per heavy atom. The smallest absolute Gasteiger partial charge is 0.399 e. The largest absolute Gasteiger partial charge is 0.494 e. The first kappa shape index (κ1) is 16.6. The number of benzene rings is 2. The van der Waals surface area contributed by atoms with E-state index in [0.717, 1.165) is 5.46 Å². The molecule has 4 rings (SSSR count). The van der Waals surface area contributed by atoms with E-state index in [9.17, 15) is 0 Å². The van der Waals surface area contributed by atoms with E-state index >= 15 is 0 Å². The zero-order chi connectivity index (χ0) is 17.1. The normalized spacial score (nSPS) is 20.6. The van der Waals surface area contributed by atoms with Crippen LogP contribution in [0, 0.1) is 6.92 Å². The SMILES string of the molecule is Cc1ccc2c(c1)Sc1cc(B3OC(C)(C)C(C)(C)O3)ccc1S2. The lowest BCUT2D eigenvalue weighted by atomic mass is 9.79. The minimum atomic E-state index is -0.306. The molecule has 0 radical (unpaired) electrons. The van der Waals surface area contributed by atoms with Gasteiger partial charge in [-0.2, -0.15) is 0 Å². The Morgan fingerprint density at radius 2 is 1.29 bits per heavy atom. The van der Waals surface area contributed by atoms with E-state index in [-0.39, 0.29) is 18.3 Å². The van der Waals surface area contributed by atoms with Gasteiger partial charge < -0.3 is 9.31 Å². The highest BCUT2D eigenvalue weighted by molar-refractivity contribution is 8.05. The molecule has 24 heavy (non-hydrogen) atoms. The summed E-state index contributed by atoms with van der Waals surface area (Å²) >= 11 is 3.68. The van der Waals surface area contributed by atoms with Crippen LogP contribution in [0.2, 0.25) is 0 Å². The van der Waals surface area contributed by atoms with Crippen LogP contribution in [0.1, 0.15) is 33.3 Å². The van der Waals surface area contributed by atoms with E-state index in [2.05, 4.69) is 71.0 Å². The zero-order valence-electron chi connectivity index (χ0n) is 14.7. The summed E-state index contributed by atoms with van der Waals surface area (Å²) in [6.07, 6.45) is 0. The van der Waals surface area contributed by atoms with Crippen molar-refractivity contribution in [3.05, 3.63) is 42.0 Å². The lowest BCUT2D eigenvalue weighted by Gasteiger charge is -2.32. The van der Waals surface area contributed by atoms with Crippen LogP contribution in [-0.4, -0.2) is 18.3 Å². The molecule has 0 bridgehead atoms. The van der Waals surface area contributed by atoms with E-state index in [0.29, 0.717) is 0 Å². The molecule has 2 aromatic rings. The number of rotatable bonds is 1. The van der Waals surface area contributed by atoms with Crippen molar-refractivity contribution in [2.45, 2.75) is 65.4 Å². The Kier molecular flexibility index (Phi) is 3.85. The zero-order valence-corrected chi connectivity index (χ0v) is 16.3. The Hall–Kier alpha value is -0.875. The van der Waals surface area contributed by atoms with Gasteiger partial charge in [-0.3, -0.25) is 0 Å². The maximum atomic E-state index is 6.19. The van der Waals surface area contributed by atoms with E-state index in [4.69, 9.17) is 9.31 Å². The van der Waals surface area contributed by atoms with Crippen molar-refractivity contribution < 1.29 is 9.31 Å². The van der Waals surface area contributed by atoms with Crippen molar-refractivity contribution in [1.29, 1.82) is 0 Å². The van der Waals surface area contributed by atoms with Gasteiger partial charge in [-0.05, 0) is 69.9 Å². The molecule has 2 heterocycles. The molecule has 1 fully saturated rings. The van der Waals surface area contributed by atoms with Gasteiger partial charge in [-0.15, -0.1) is 0 Å². The molecule has 2 nitrogen and oxygen atoms in total. The van der Waals surface area contributed by atoms with Crippen molar-refractivity contribution in [3.8, 4) is 0 Å². The fourth-order valence-electron chi connectivity index (χ4n) is 2.83. The summed E-state index contributed by atoms with van der Waals surface area (Å²) in [4.78, 5) is 5.25. The molecule has 0 amide bonds. The Labute approximate surface area is 152 Å². The Balaban J connectivity index is 1.65. The Bertz CT molecular complexity index is 801. The van der Waals surface area contributed by atoms with Gasteiger partial charge in [-0.25, -0.2) is 0 Å². The van der Waals surface area contributed by atoms with Crippen molar-refractivity contribution in [1.82, 2.24) is 0 Å². The first-order valence-electron chi connectivity index (χ1n) is 8.21. The van der Waals surface area contributed by atoms with Crippen LogP contribution in [-0.2, 0) is 9.31 Å². The molecular weight excluding hydrogens is 335 g/mol. The molecule has 0 unspecified atom stereocenters. The highest BCUT2D eigenvalue weighted by Crippen LogP contribution is 2.48. The van der Waals surface area contributed by atoms with Gasteiger partial charge >= 0.3 is 7.12 Å². The number of aryl methyl sites for hydroxylation is 1. The van der Waals surface area contributed by atoms with Crippen LogP contribution in [0.5, 0.6) is 0 Å². The molecule has 0 atom stereocenters. The molecule has 2 aromatic carbocycles. The van der Waals surface area contributed by atoms with Gasteiger partial charge in [0, 0.05) is 19.6 Å². The van der Waals surface area contributed by atoms with Crippen LogP contribution in [0.15, 0.2) is 56.0 Å². The minimum absolute atomic E-state index is 0.301. The van der Waals surface area contributed by atoms with Crippen LogP contribution >= 0.6 is 23.5 Å². The van der Waals surface area contributed by atoms with Gasteiger partial charge in [0.2, 0.25) is 0 Å². The van der Waals surface area contributed by atoms with Crippen molar-refractivity contribution in [2.24, 2.45) is 0 Å². The predicted octanol–water partition coefficient (Wildman–Crippen LogP) is 4.91. The quantitative estimate of drug-likeness (QED) is 0.577. The lowest BCUT2D eigenvalue weighted by molar-refractivity contribution is 0.00578. The standard InChI is InChI=1S/C19H21BO2S2/c1-12-6-8-14-16(10-12)24-17-11-13(7-9-15(17)23-14)20-21-18(2,3)19(4,5)22-20/h6-11H,1-5H3. The van der Waals surface area contributed by atoms with Gasteiger partial charge in [0.25, 0.3) is 0 Å². The molecule has 1 saturated heterocycles.